The van der Waals surface area contributed by atoms with Crippen LogP contribution in [0.1, 0.15) is 24.2 Å². The molecule has 0 heterocycles. The summed E-state index contributed by atoms with van der Waals surface area (Å²) in [6, 6.07) is 16.9. The molecule has 0 aliphatic heterocycles. The number of aliphatic hydroxyl groups excluding tert-OH is 2. The summed E-state index contributed by atoms with van der Waals surface area (Å²) in [5.74, 6) is 0.734. The van der Waals surface area contributed by atoms with E-state index < -0.39 is 12.2 Å². The summed E-state index contributed by atoms with van der Waals surface area (Å²) < 4.78 is 10.6. The van der Waals surface area contributed by atoms with Crippen molar-refractivity contribution in [3.63, 3.8) is 0 Å². The normalized spacial score (nSPS) is 12.8. The van der Waals surface area contributed by atoms with Gasteiger partial charge in [-0.05, 0) is 41.8 Å². The Bertz CT molecular complexity index is 700. The molecule has 0 saturated heterocycles. The number of rotatable bonds is 8. The fourth-order valence-electron chi connectivity index (χ4n) is 2.19. The first-order chi connectivity index (χ1) is 12.1. The lowest BCUT2D eigenvalue weighted by molar-refractivity contribution is 0.0454. The number of benzene rings is 2. The molecule has 4 nitrogen and oxygen atoms in total. The van der Waals surface area contributed by atoms with Crippen molar-refractivity contribution in [3.05, 3.63) is 83.1 Å². The van der Waals surface area contributed by atoms with Crippen LogP contribution in [-0.4, -0.2) is 30.0 Å². The van der Waals surface area contributed by atoms with E-state index in [2.05, 4.69) is 5.73 Å². The molecule has 25 heavy (non-hydrogen) atoms. The van der Waals surface area contributed by atoms with E-state index in [1.54, 1.807) is 38.3 Å². The maximum Gasteiger partial charge on any atom is 0.118 e. The second-order valence-corrected chi connectivity index (χ2v) is 5.73. The van der Waals surface area contributed by atoms with E-state index >= 15 is 0 Å². The fourth-order valence-corrected chi connectivity index (χ4v) is 2.19. The average Bonchev–Trinajstić information content (AvgIpc) is 2.66. The molecule has 0 bridgehead atoms. The van der Waals surface area contributed by atoms with Crippen LogP contribution < -0.4 is 4.74 Å². The molecule has 132 valence electrons. The van der Waals surface area contributed by atoms with Crippen LogP contribution in [0.2, 0.25) is 0 Å². The monoisotopic (exact) mass is 340 g/mol. The summed E-state index contributed by atoms with van der Waals surface area (Å²) in [5.41, 5.74) is 5.34. The Balaban J connectivity index is 1.88. The molecule has 2 N–H and O–H groups in total. The van der Waals surface area contributed by atoms with Gasteiger partial charge in [0, 0.05) is 0 Å². The van der Waals surface area contributed by atoms with Crippen LogP contribution in [0.15, 0.2) is 72.0 Å². The lowest BCUT2D eigenvalue weighted by atomic mass is 10.1. The lowest BCUT2D eigenvalue weighted by Gasteiger charge is -2.11. The molecule has 0 fully saturated rings. The summed E-state index contributed by atoms with van der Waals surface area (Å²) in [4.78, 5) is 0. The molecule has 0 aliphatic carbocycles. The maximum absolute atomic E-state index is 10.2. The molecule has 0 radical (unpaired) electrons. The molecule has 0 amide bonds. The highest BCUT2D eigenvalue weighted by Gasteiger charge is 2.07. The van der Waals surface area contributed by atoms with Gasteiger partial charge in [0.1, 0.15) is 18.0 Å². The number of hydrogen-bond donors (Lipinski definition) is 2. The van der Waals surface area contributed by atoms with E-state index in [1.807, 2.05) is 30.3 Å². The van der Waals surface area contributed by atoms with Crippen LogP contribution in [0.4, 0.5) is 0 Å². The lowest BCUT2D eigenvalue weighted by Crippen LogP contribution is -2.16. The predicted octanol–water partition coefficient (Wildman–Crippen LogP) is 3.41. The SMILES string of the molecule is COc1ccc([C@@H](O)C=C=C(C)[C@@H](O)COCc2ccccc2)cc1. The van der Waals surface area contributed by atoms with E-state index in [0.717, 1.165) is 16.9 Å². The Morgan fingerprint density at radius 1 is 1.08 bits per heavy atom. The third-order valence-corrected chi connectivity index (χ3v) is 3.81. The zero-order chi connectivity index (χ0) is 18.1. The first-order valence-corrected chi connectivity index (χ1v) is 8.15. The van der Waals surface area contributed by atoms with Gasteiger partial charge < -0.3 is 19.7 Å². The third-order valence-electron chi connectivity index (χ3n) is 3.81. The van der Waals surface area contributed by atoms with Gasteiger partial charge in [-0.2, -0.15) is 0 Å². The van der Waals surface area contributed by atoms with Crippen molar-refractivity contribution < 1.29 is 19.7 Å². The van der Waals surface area contributed by atoms with Gasteiger partial charge in [0.2, 0.25) is 0 Å². The second-order valence-electron chi connectivity index (χ2n) is 5.73. The molecule has 0 aromatic heterocycles. The van der Waals surface area contributed by atoms with Gasteiger partial charge in [0.15, 0.2) is 0 Å². The number of hydrogen-bond acceptors (Lipinski definition) is 4. The zero-order valence-electron chi connectivity index (χ0n) is 14.6. The van der Waals surface area contributed by atoms with Crippen molar-refractivity contribution in [3.8, 4) is 5.75 Å². The first-order valence-electron chi connectivity index (χ1n) is 8.15. The van der Waals surface area contributed by atoms with Gasteiger partial charge in [-0.25, -0.2) is 0 Å². The van der Waals surface area contributed by atoms with Crippen LogP contribution in [0, 0.1) is 0 Å². The van der Waals surface area contributed by atoms with E-state index in [4.69, 9.17) is 9.47 Å². The minimum Gasteiger partial charge on any atom is -0.497 e. The van der Waals surface area contributed by atoms with Gasteiger partial charge in [-0.1, -0.05) is 42.5 Å². The van der Waals surface area contributed by atoms with Crippen molar-refractivity contribution in [1.29, 1.82) is 0 Å². The first kappa shape index (κ1) is 19.0. The van der Waals surface area contributed by atoms with Crippen LogP contribution in [0.3, 0.4) is 0 Å². The van der Waals surface area contributed by atoms with Crippen LogP contribution in [-0.2, 0) is 11.3 Å². The van der Waals surface area contributed by atoms with E-state index in [1.165, 1.54) is 6.08 Å². The van der Waals surface area contributed by atoms with Crippen LogP contribution in [0.25, 0.3) is 0 Å². The molecule has 2 atom stereocenters. The number of aliphatic hydroxyl groups is 2. The van der Waals surface area contributed by atoms with Crippen molar-refractivity contribution in [2.45, 2.75) is 25.7 Å². The number of methoxy groups -OCH3 is 1. The van der Waals surface area contributed by atoms with E-state index in [-0.39, 0.29) is 6.61 Å². The average molecular weight is 340 g/mol. The van der Waals surface area contributed by atoms with Gasteiger partial charge in [-0.3, -0.25) is 0 Å². The zero-order valence-corrected chi connectivity index (χ0v) is 14.6. The molecule has 0 saturated carbocycles. The van der Waals surface area contributed by atoms with E-state index in [0.29, 0.717) is 12.2 Å². The van der Waals surface area contributed by atoms with Gasteiger partial charge >= 0.3 is 0 Å². The summed E-state index contributed by atoms with van der Waals surface area (Å²) in [6.45, 7) is 2.39. The van der Waals surface area contributed by atoms with Crippen molar-refractivity contribution in [2.75, 3.05) is 13.7 Å². The Morgan fingerprint density at radius 2 is 1.76 bits per heavy atom. The Hall–Kier alpha value is -2.36. The molecule has 2 aromatic carbocycles. The van der Waals surface area contributed by atoms with Gasteiger partial charge in [0.05, 0.1) is 20.3 Å². The molecule has 4 heteroatoms. The minimum absolute atomic E-state index is 0.181. The maximum atomic E-state index is 10.2. The molecule has 0 spiro atoms. The molecular weight excluding hydrogens is 316 g/mol. The molecule has 2 rings (SSSR count). The minimum atomic E-state index is -0.793. The highest BCUT2D eigenvalue weighted by atomic mass is 16.5. The van der Waals surface area contributed by atoms with Gasteiger partial charge in [-0.15, -0.1) is 5.73 Å². The molecular formula is C21H24O4. The molecule has 2 aromatic rings. The Kier molecular flexibility index (Phi) is 7.45. The topological polar surface area (TPSA) is 58.9 Å². The van der Waals surface area contributed by atoms with Crippen molar-refractivity contribution >= 4 is 0 Å². The predicted molar refractivity (Wildman–Crippen MR) is 97.3 cm³/mol. The summed E-state index contributed by atoms with van der Waals surface area (Å²) >= 11 is 0. The number of ether oxygens (including phenoxy) is 2. The highest BCUT2D eigenvalue weighted by Crippen LogP contribution is 2.18. The molecule has 0 aliphatic rings. The van der Waals surface area contributed by atoms with E-state index in [9.17, 15) is 10.2 Å². The second kappa shape index (κ2) is 9.82. The van der Waals surface area contributed by atoms with Gasteiger partial charge in [0.25, 0.3) is 0 Å². The third kappa shape index (κ3) is 6.22. The van der Waals surface area contributed by atoms with Crippen LogP contribution >= 0.6 is 0 Å². The highest BCUT2D eigenvalue weighted by molar-refractivity contribution is 5.30. The van der Waals surface area contributed by atoms with Crippen molar-refractivity contribution in [2.24, 2.45) is 0 Å². The largest absolute Gasteiger partial charge is 0.497 e. The Labute approximate surface area is 148 Å². The Morgan fingerprint density at radius 3 is 2.40 bits per heavy atom. The summed E-state index contributed by atoms with van der Waals surface area (Å²) in [5, 5.41) is 20.3. The summed E-state index contributed by atoms with van der Waals surface area (Å²) in [6.07, 6.45) is -0.0290. The quantitative estimate of drug-likeness (QED) is 0.723. The smallest absolute Gasteiger partial charge is 0.118 e. The fraction of sp³-hybridized carbons (Fsp3) is 0.286. The van der Waals surface area contributed by atoms with Crippen LogP contribution in [0.5, 0.6) is 5.75 Å². The standard InChI is InChI=1S/C21H24O4/c1-16(21(23)15-25-14-17-6-4-3-5-7-17)8-13-20(22)18-9-11-19(24-2)12-10-18/h3-7,9-13,20-23H,14-15H2,1-2H3/t8?,20-,21-/m0/s1. The summed E-state index contributed by atoms with van der Waals surface area (Å²) in [7, 11) is 1.60. The van der Waals surface area contributed by atoms with Crippen molar-refractivity contribution in [1.82, 2.24) is 0 Å². The molecule has 0 unspecified atom stereocenters.